The Hall–Kier alpha value is -2.42. The maximum absolute atomic E-state index is 13.6. The second-order valence-corrected chi connectivity index (χ2v) is 3.72. The maximum atomic E-state index is 13.6. The van der Waals surface area contributed by atoms with Gasteiger partial charge < -0.3 is 5.32 Å². The molecule has 1 amide bonds. The van der Waals surface area contributed by atoms with Crippen LogP contribution in [0.2, 0.25) is 0 Å². The summed E-state index contributed by atoms with van der Waals surface area (Å²) in [5.41, 5.74) is 1.22. The van der Waals surface area contributed by atoms with Crippen LogP contribution in [0.4, 0.5) is 10.1 Å². The average Bonchev–Trinajstić information content (AvgIpc) is 2.41. The van der Waals surface area contributed by atoms with Crippen LogP contribution in [0.1, 0.15) is 5.56 Å². The second-order valence-electron chi connectivity index (χ2n) is 3.72. The molecule has 0 saturated carbocycles. The molecule has 0 heterocycles. The molecular weight excluding hydrogens is 229 g/mol. The molecule has 2 aromatic rings. The molecule has 0 aliphatic carbocycles. The highest BCUT2D eigenvalue weighted by Crippen LogP contribution is 2.11. The van der Waals surface area contributed by atoms with Crippen molar-refractivity contribution in [1.82, 2.24) is 0 Å². The molecule has 0 unspecified atom stereocenters. The minimum absolute atomic E-state index is 0.569. The fourth-order valence-electron chi connectivity index (χ4n) is 1.47. The van der Waals surface area contributed by atoms with Crippen molar-refractivity contribution in [3.8, 4) is 0 Å². The van der Waals surface area contributed by atoms with Crippen LogP contribution in [0.15, 0.2) is 66.5 Å². The van der Waals surface area contributed by atoms with E-state index >= 15 is 0 Å². The summed E-state index contributed by atoms with van der Waals surface area (Å²) in [4.78, 5) is 11.6. The van der Waals surface area contributed by atoms with E-state index < -0.39 is 11.7 Å². The van der Waals surface area contributed by atoms with Crippen molar-refractivity contribution in [3.05, 3.63) is 72.1 Å². The first-order valence-corrected chi connectivity index (χ1v) is 5.54. The van der Waals surface area contributed by atoms with Gasteiger partial charge in [-0.3, -0.25) is 4.79 Å². The summed E-state index contributed by atoms with van der Waals surface area (Å²) in [7, 11) is 0. The van der Waals surface area contributed by atoms with Crippen molar-refractivity contribution in [2.24, 2.45) is 0 Å². The molecule has 2 aromatic carbocycles. The number of hydrogen-bond acceptors (Lipinski definition) is 1. The van der Waals surface area contributed by atoms with E-state index in [2.05, 4.69) is 5.32 Å². The number of halogens is 1. The number of para-hydroxylation sites is 1. The summed E-state index contributed by atoms with van der Waals surface area (Å²) in [6, 6.07) is 17.6. The van der Waals surface area contributed by atoms with E-state index in [0.29, 0.717) is 11.3 Å². The lowest BCUT2D eigenvalue weighted by Gasteiger charge is -2.02. The quantitative estimate of drug-likeness (QED) is 0.817. The zero-order valence-corrected chi connectivity index (χ0v) is 9.64. The fraction of sp³-hybridized carbons (Fsp3) is 0. The van der Waals surface area contributed by atoms with Gasteiger partial charge in [-0.15, -0.1) is 0 Å². The first-order valence-electron chi connectivity index (χ1n) is 5.54. The van der Waals surface area contributed by atoms with Gasteiger partial charge in [0.15, 0.2) is 5.83 Å². The third-order valence-corrected chi connectivity index (χ3v) is 2.34. The number of amides is 1. The van der Waals surface area contributed by atoms with E-state index in [9.17, 15) is 9.18 Å². The predicted molar refractivity (Wildman–Crippen MR) is 70.6 cm³/mol. The van der Waals surface area contributed by atoms with Gasteiger partial charge in [-0.1, -0.05) is 48.5 Å². The molecule has 3 heteroatoms. The number of nitrogens with one attached hydrogen (secondary N) is 1. The first-order chi connectivity index (χ1) is 8.75. The molecule has 0 aromatic heterocycles. The van der Waals surface area contributed by atoms with Crippen molar-refractivity contribution < 1.29 is 9.18 Å². The van der Waals surface area contributed by atoms with Crippen molar-refractivity contribution in [2.75, 3.05) is 5.32 Å². The summed E-state index contributed by atoms with van der Waals surface area (Å²) in [5.74, 6) is -1.56. The highest BCUT2D eigenvalue weighted by Gasteiger charge is 2.08. The number of hydrogen-bond donors (Lipinski definition) is 1. The van der Waals surface area contributed by atoms with Crippen molar-refractivity contribution in [3.63, 3.8) is 0 Å². The van der Waals surface area contributed by atoms with Crippen LogP contribution >= 0.6 is 0 Å². The summed E-state index contributed by atoms with van der Waals surface area (Å²) in [5, 5.41) is 2.48. The number of carbonyl (C=O) groups excluding carboxylic acids is 1. The third kappa shape index (κ3) is 3.28. The second kappa shape index (κ2) is 5.77. The normalized spacial score (nSPS) is 11.1. The topological polar surface area (TPSA) is 29.1 Å². The van der Waals surface area contributed by atoms with Crippen LogP contribution in [0.5, 0.6) is 0 Å². The van der Waals surface area contributed by atoms with Gasteiger partial charge in [0, 0.05) is 5.69 Å². The number of rotatable bonds is 3. The van der Waals surface area contributed by atoms with Crippen LogP contribution in [0.3, 0.4) is 0 Å². The molecule has 0 saturated heterocycles. The fourth-order valence-corrected chi connectivity index (χ4v) is 1.47. The van der Waals surface area contributed by atoms with Gasteiger partial charge in [-0.2, -0.15) is 0 Å². The zero-order valence-electron chi connectivity index (χ0n) is 9.64. The van der Waals surface area contributed by atoms with Gasteiger partial charge in [0.05, 0.1) is 0 Å². The molecule has 0 spiro atoms. The van der Waals surface area contributed by atoms with Crippen LogP contribution in [0, 0.1) is 0 Å². The Labute approximate surface area is 105 Å². The Morgan fingerprint density at radius 2 is 1.50 bits per heavy atom. The van der Waals surface area contributed by atoms with Gasteiger partial charge >= 0.3 is 0 Å². The van der Waals surface area contributed by atoms with Crippen LogP contribution in [-0.4, -0.2) is 5.91 Å². The molecule has 0 aliphatic rings. The molecule has 0 fully saturated rings. The molecule has 0 radical (unpaired) electrons. The number of benzene rings is 2. The number of carbonyl (C=O) groups is 1. The van der Waals surface area contributed by atoms with Crippen molar-refractivity contribution >= 4 is 17.7 Å². The van der Waals surface area contributed by atoms with Gasteiger partial charge in [0.1, 0.15) is 0 Å². The lowest BCUT2D eigenvalue weighted by atomic mass is 10.2. The van der Waals surface area contributed by atoms with Crippen LogP contribution in [-0.2, 0) is 4.79 Å². The number of anilines is 1. The summed E-state index contributed by atoms with van der Waals surface area (Å²) in [6.07, 6.45) is 1.21. The molecule has 2 rings (SSSR count). The van der Waals surface area contributed by atoms with E-state index in [0.717, 1.165) is 0 Å². The van der Waals surface area contributed by atoms with Gasteiger partial charge in [-0.05, 0) is 23.8 Å². The SMILES string of the molecule is O=C(Nc1ccccc1)/C(F)=C/c1ccccc1. The van der Waals surface area contributed by atoms with Crippen molar-refractivity contribution in [2.45, 2.75) is 0 Å². The van der Waals surface area contributed by atoms with Gasteiger partial charge in [-0.25, -0.2) is 4.39 Å². The summed E-state index contributed by atoms with van der Waals surface area (Å²) >= 11 is 0. The maximum Gasteiger partial charge on any atom is 0.284 e. The van der Waals surface area contributed by atoms with E-state index in [1.54, 1.807) is 48.5 Å². The van der Waals surface area contributed by atoms with E-state index in [1.165, 1.54) is 6.08 Å². The average molecular weight is 241 g/mol. The Balaban J connectivity index is 2.08. The molecule has 0 bridgehead atoms. The summed E-state index contributed by atoms with van der Waals surface area (Å²) < 4.78 is 13.6. The Morgan fingerprint density at radius 1 is 0.944 bits per heavy atom. The Morgan fingerprint density at radius 3 is 2.11 bits per heavy atom. The highest BCUT2D eigenvalue weighted by molar-refractivity contribution is 6.04. The molecule has 1 N–H and O–H groups in total. The Kier molecular flexibility index (Phi) is 3.86. The van der Waals surface area contributed by atoms with Gasteiger partial charge in [0.25, 0.3) is 5.91 Å². The lowest BCUT2D eigenvalue weighted by Crippen LogP contribution is -2.11. The molecule has 18 heavy (non-hydrogen) atoms. The molecule has 2 nitrogen and oxygen atoms in total. The van der Waals surface area contributed by atoms with Crippen LogP contribution in [0.25, 0.3) is 6.08 Å². The van der Waals surface area contributed by atoms with E-state index in [-0.39, 0.29) is 0 Å². The standard InChI is InChI=1S/C15H12FNO/c16-14(11-12-7-3-1-4-8-12)15(18)17-13-9-5-2-6-10-13/h1-11H,(H,17,18)/b14-11-. The third-order valence-electron chi connectivity index (χ3n) is 2.34. The van der Waals surface area contributed by atoms with E-state index in [1.807, 2.05) is 12.1 Å². The lowest BCUT2D eigenvalue weighted by molar-refractivity contribution is -0.114. The highest BCUT2D eigenvalue weighted by atomic mass is 19.1. The molecule has 0 aliphatic heterocycles. The predicted octanol–water partition coefficient (Wildman–Crippen LogP) is 3.64. The monoisotopic (exact) mass is 241 g/mol. The molecule has 90 valence electrons. The van der Waals surface area contributed by atoms with E-state index in [4.69, 9.17) is 0 Å². The summed E-state index contributed by atoms with van der Waals surface area (Å²) in [6.45, 7) is 0. The minimum atomic E-state index is -0.815. The Bertz CT molecular complexity index is 549. The zero-order chi connectivity index (χ0) is 12.8. The van der Waals surface area contributed by atoms with Crippen molar-refractivity contribution in [1.29, 1.82) is 0 Å². The smallest absolute Gasteiger partial charge is 0.284 e. The largest absolute Gasteiger partial charge is 0.320 e. The minimum Gasteiger partial charge on any atom is -0.320 e. The first kappa shape index (κ1) is 12.0. The molecular formula is C15H12FNO. The van der Waals surface area contributed by atoms with Gasteiger partial charge in [0.2, 0.25) is 0 Å². The molecule has 0 atom stereocenters. The van der Waals surface area contributed by atoms with Crippen LogP contribution < -0.4 is 5.32 Å².